The Balaban J connectivity index is 1.61. The van der Waals surface area contributed by atoms with Gasteiger partial charge >= 0.3 is 6.18 Å². The number of anilines is 1. The molecular formula is C17H23BrF3N3O. The normalized spacial score (nSPS) is 20.9. The second-order valence-electron chi connectivity index (χ2n) is 6.54. The first-order valence-corrected chi connectivity index (χ1v) is 9.32. The second kappa shape index (κ2) is 8.24. The predicted molar refractivity (Wildman–Crippen MR) is 94.9 cm³/mol. The van der Waals surface area contributed by atoms with Gasteiger partial charge in [-0.25, -0.2) is 0 Å². The van der Waals surface area contributed by atoms with Crippen LogP contribution in [0.3, 0.4) is 0 Å². The van der Waals surface area contributed by atoms with Crippen LogP contribution in [0.2, 0.25) is 0 Å². The molecule has 1 aromatic rings. The standard InChI is InChI=1S/C17H23BrF3N3O/c18-15-2-1-14(16(11-15)24-7-9-25-10-8-24)12-22-3-5-23(6-4-22)13-17(19,20)21/h1-2,11H,3-10,12-13H2. The Hall–Kier alpha value is -0.830. The third-order valence-corrected chi connectivity index (χ3v) is 5.15. The summed E-state index contributed by atoms with van der Waals surface area (Å²) in [6, 6.07) is 6.26. The van der Waals surface area contributed by atoms with Crippen LogP contribution in [0.4, 0.5) is 18.9 Å². The number of halogens is 4. The zero-order valence-electron chi connectivity index (χ0n) is 14.1. The van der Waals surface area contributed by atoms with Crippen molar-refractivity contribution in [2.75, 3.05) is 63.9 Å². The summed E-state index contributed by atoms with van der Waals surface area (Å²) in [5, 5.41) is 0. The number of morpholine rings is 1. The van der Waals surface area contributed by atoms with E-state index in [1.165, 1.54) is 16.2 Å². The SMILES string of the molecule is FC(F)(F)CN1CCN(Cc2ccc(Br)cc2N2CCOCC2)CC1. The number of hydrogen-bond acceptors (Lipinski definition) is 4. The van der Waals surface area contributed by atoms with Crippen LogP contribution in [0.15, 0.2) is 22.7 Å². The van der Waals surface area contributed by atoms with Gasteiger partial charge in [0.05, 0.1) is 19.8 Å². The first-order valence-electron chi connectivity index (χ1n) is 8.53. The Morgan fingerprint density at radius 1 is 0.960 bits per heavy atom. The first kappa shape index (κ1) is 18.9. The Morgan fingerprint density at radius 2 is 1.60 bits per heavy atom. The van der Waals surface area contributed by atoms with Gasteiger partial charge < -0.3 is 9.64 Å². The molecule has 0 spiro atoms. The Morgan fingerprint density at radius 3 is 2.24 bits per heavy atom. The smallest absolute Gasteiger partial charge is 0.378 e. The number of alkyl halides is 3. The summed E-state index contributed by atoms with van der Waals surface area (Å²) in [6.45, 7) is 5.38. The highest BCUT2D eigenvalue weighted by Crippen LogP contribution is 2.28. The molecule has 140 valence electrons. The molecule has 0 N–H and O–H groups in total. The summed E-state index contributed by atoms with van der Waals surface area (Å²) in [4.78, 5) is 6.05. The van der Waals surface area contributed by atoms with Crippen LogP contribution in [-0.4, -0.2) is 75.0 Å². The molecule has 3 rings (SSSR count). The van der Waals surface area contributed by atoms with E-state index in [2.05, 4.69) is 37.9 Å². The molecule has 8 heteroatoms. The van der Waals surface area contributed by atoms with Crippen LogP contribution in [0.25, 0.3) is 0 Å². The van der Waals surface area contributed by atoms with Crippen molar-refractivity contribution in [1.82, 2.24) is 9.80 Å². The van der Waals surface area contributed by atoms with Crippen LogP contribution < -0.4 is 4.90 Å². The molecule has 0 atom stereocenters. The predicted octanol–water partition coefficient (Wildman–Crippen LogP) is 2.97. The van der Waals surface area contributed by atoms with E-state index in [1.807, 2.05) is 6.07 Å². The number of ether oxygens (including phenoxy) is 1. The summed E-state index contributed by atoms with van der Waals surface area (Å²) in [6.07, 6.45) is -4.11. The maximum absolute atomic E-state index is 12.5. The van der Waals surface area contributed by atoms with Crippen LogP contribution in [0.5, 0.6) is 0 Å². The van der Waals surface area contributed by atoms with Gasteiger partial charge in [0, 0.05) is 56.0 Å². The molecular weight excluding hydrogens is 399 g/mol. The summed E-state index contributed by atoms with van der Waals surface area (Å²) < 4.78 is 44.0. The van der Waals surface area contributed by atoms with E-state index in [-0.39, 0.29) is 0 Å². The van der Waals surface area contributed by atoms with Crippen molar-refractivity contribution in [3.63, 3.8) is 0 Å². The van der Waals surface area contributed by atoms with Gasteiger partial charge in [-0.3, -0.25) is 9.80 Å². The molecule has 0 bridgehead atoms. The molecule has 2 heterocycles. The largest absolute Gasteiger partial charge is 0.401 e. The molecule has 0 saturated carbocycles. The van der Waals surface area contributed by atoms with E-state index >= 15 is 0 Å². The summed E-state index contributed by atoms with van der Waals surface area (Å²) >= 11 is 3.54. The molecule has 4 nitrogen and oxygen atoms in total. The van der Waals surface area contributed by atoms with Gasteiger partial charge in [0.15, 0.2) is 0 Å². The van der Waals surface area contributed by atoms with E-state index < -0.39 is 12.7 Å². The van der Waals surface area contributed by atoms with Gasteiger partial charge in [-0.05, 0) is 17.7 Å². The van der Waals surface area contributed by atoms with Gasteiger partial charge in [-0.2, -0.15) is 13.2 Å². The van der Waals surface area contributed by atoms with Gasteiger partial charge in [-0.15, -0.1) is 0 Å². The maximum atomic E-state index is 12.5. The molecule has 2 saturated heterocycles. The van der Waals surface area contributed by atoms with E-state index in [9.17, 15) is 13.2 Å². The van der Waals surface area contributed by atoms with Crippen molar-refractivity contribution < 1.29 is 17.9 Å². The van der Waals surface area contributed by atoms with Crippen LogP contribution in [0.1, 0.15) is 5.56 Å². The van der Waals surface area contributed by atoms with E-state index in [4.69, 9.17) is 4.74 Å². The Labute approximate surface area is 154 Å². The van der Waals surface area contributed by atoms with Crippen molar-refractivity contribution in [2.24, 2.45) is 0 Å². The molecule has 1 aromatic carbocycles. The molecule has 2 aliphatic heterocycles. The van der Waals surface area contributed by atoms with Crippen LogP contribution in [-0.2, 0) is 11.3 Å². The fourth-order valence-electron chi connectivity index (χ4n) is 3.37. The topological polar surface area (TPSA) is 19.0 Å². The second-order valence-corrected chi connectivity index (χ2v) is 7.46. The van der Waals surface area contributed by atoms with Gasteiger partial charge in [-0.1, -0.05) is 22.0 Å². The number of rotatable bonds is 4. The molecule has 0 aliphatic carbocycles. The number of hydrogen-bond donors (Lipinski definition) is 0. The third-order valence-electron chi connectivity index (χ3n) is 4.66. The fourth-order valence-corrected chi connectivity index (χ4v) is 3.72. The van der Waals surface area contributed by atoms with Crippen molar-refractivity contribution in [1.29, 1.82) is 0 Å². The lowest BCUT2D eigenvalue weighted by molar-refractivity contribution is -0.149. The zero-order chi connectivity index (χ0) is 17.9. The quantitative estimate of drug-likeness (QED) is 0.743. The van der Waals surface area contributed by atoms with Gasteiger partial charge in [0.1, 0.15) is 0 Å². The molecule has 0 aromatic heterocycles. The summed E-state index contributed by atoms with van der Waals surface area (Å²) in [5.41, 5.74) is 2.41. The lowest BCUT2D eigenvalue weighted by atomic mass is 10.1. The monoisotopic (exact) mass is 421 g/mol. The first-order chi connectivity index (χ1) is 11.9. The lowest BCUT2D eigenvalue weighted by Gasteiger charge is -2.36. The highest BCUT2D eigenvalue weighted by Gasteiger charge is 2.32. The zero-order valence-corrected chi connectivity index (χ0v) is 15.7. The highest BCUT2D eigenvalue weighted by atomic mass is 79.9. The minimum Gasteiger partial charge on any atom is -0.378 e. The minimum absolute atomic E-state index is 0.461. The summed E-state index contributed by atoms with van der Waals surface area (Å²) in [7, 11) is 0. The number of piperazine rings is 1. The average Bonchev–Trinajstić information content (AvgIpc) is 2.58. The van der Waals surface area contributed by atoms with Crippen molar-refractivity contribution in [3.05, 3.63) is 28.2 Å². The average molecular weight is 422 g/mol. The maximum Gasteiger partial charge on any atom is 0.401 e. The van der Waals surface area contributed by atoms with Crippen molar-refractivity contribution in [3.8, 4) is 0 Å². The number of benzene rings is 1. The van der Waals surface area contributed by atoms with Crippen LogP contribution >= 0.6 is 15.9 Å². The van der Waals surface area contributed by atoms with Crippen LogP contribution in [0, 0.1) is 0 Å². The van der Waals surface area contributed by atoms with E-state index in [0.717, 1.165) is 37.3 Å². The van der Waals surface area contributed by atoms with Crippen molar-refractivity contribution >= 4 is 21.6 Å². The molecule has 2 aliphatic rings. The highest BCUT2D eigenvalue weighted by molar-refractivity contribution is 9.10. The lowest BCUT2D eigenvalue weighted by Crippen LogP contribution is -2.48. The van der Waals surface area contributed by atoms with E-state index in [1.54, 1.807) is 0 Å². The van der Waals surface area contributed by atoms with Crippen molar-refractivity contribution in [2.45, 2.75) is 12.7 Å². The minimum atomic E-state index is -4.11. The van der Waals surface area contributed by atoms with E-state index in [0.29, 0.717) is 26.2 Å². The molecule has 25 heavy (non-hydrogen) atoms. The van der Waals surface area contributed by atoms with Gasteiger partial charge in [0.25, 0.3) is 0 Å². The summed E-state index contributed by atoms with van der Waals surface area (Å²) in [5.74, 6) is 0. The molecule has 0 unspecified atom stereocenters. The molecule has 0 amide bonds. The van der Waals surface area contributed by atoms with Gasteiger partial charge in [0.2, 0.25) is 0 Å². The third kappa shape index (κ3) is 5.57. The number of nitrogens with zero attached hydrogens (tertiary/aromatic N) is 3. The fraction of sp³-hybridized carbons (Fsp3) is 0.647. The molecule has 2 fully saturated rings. The Kier molecular flexibility index (Phi) is 6.25. The Bertz CT molecular complexity index is 571. The molecule has 0 radical (unpaired) electrons.